The fourth-order valence-electron chi connectivity index (χ4n) is 3.48. The molecule has 1 atom stereocenters. The van der Waals surface area contributed by atoms with Gasteiger partial charge in [0, 0.05) is 38.8 Å². The highest BCUT2D eigenvalue weighted by molar-refractivity contribution is 7.89. The van der Waals surface area contributed by atoms with Crippen LogP contribution >= 0.6 is 0 Å². The Morgan fingerprint density at radius 3 is 2.32 bits per heavy atom. The SMILES string of the molecule is Cc1ccc(S(=O)(=O)NCC(CC(C)C)N2CCN(C)CC2)c(C)c1. The topological polar surface area (TPSA) is 52.7 Å². The van der Waals surface area contributed by atoms with Gasteiger partial charge in [0.1, 0.15) is 0 Å². The van der Waals surface area contributed by atoms with E-state index >= 15 is 0 Å². The second kappa shape index (κ2) is 8.62. The fraction of sp³-hybridized carbons (Fsp3) is 0.684. The number of likely N-dealkylation sites (N-methyl/N-ethyl adjacent to an activating group) is 1. The summed E-state index contributed by atoms with van der Waals surface area (Å²) in [5, 5.41) is 0. The number of benzene rings is 1. The number of piperazine rings is 1. The van der Waals surface area contributed by atoms with Gasteiger partial charge in [-0.05, 0) is 44.9 Å². The maximum atomic E-state index is 12.8. The van der Waals surface area contributed by atoms with Crippen LogP contribution in [0.2, 0.25) is 0 Å². The van der Waals surface area contributed by atoms with Gasteiger partial charge in [-0.25, -0.2) is 13.1 Å². The molecule has 1 saturated heterocycles. The number of rotatable bonds is 7. The standard InChI is InChI=1S/C19H33N3O2S/c1-15(2)12-18(22-10-8-21(5)9-11-22)14-20-25(23,24)19-7-6-16(3)13-17(19)4/h6-7,13,15,18,20H,8-12,14H2,1-5H3. The fourth-order valence-corrected chi connectivity index (χ4v) is 4.77. The Morgan fingerprint density at radius 1 is 1.12 bits per heavy atom. The highest BCUT2D eigenvalue weighted by Gasteiger charge is 2.25. The summed E-state index contributed by atoms with van der Waals surface area (Å²) < 4.78 is 28.4. The third-order valence-electron chi connectivity index (χ3n) is 4.93. The smallest absolute Gasteiger partial charge is 0.240 e. The molecule has 1 aliphatic rings. The lowest BCUT2D eigenvalue weighted by atomic mass is 10.0. The molecule has 1 heterocycles. The zero-order valence-electron chi connectivity index (χ0n) is 16.2. The zero-order chi connectivity index (χ0) is 18.6. The molecule has 5 nitrogen and oxygen atoms in total. The normalized spacial score (nSPS) is 18.6. The van der Waals surface area contributed by atoms with E-state index in [0.717, 1.165) is 43.7 Å². The first kappa shape index (κ1) is 20.4. The van der Waals surface area contributed by atoms with E-state index in [0.29, 0.717) is 17.4 Å². The molecule has 142 valence electrons. The monoisotopic (exact) mass is 367 g/mol. The predicted octanol–water partition coefficient (Wildman–Crippen LogP) is 2.24. The van der Waals surface area contributed by atoms with Crippen LogP contribution in [0, 0.1) is 19.8 Å². The number of nitrogens with one attached hydrogen (secondary N) is 1. The van der Waals surface area contributed by atoms with Crippen molar-refractivity contribution in [3.05, 3.63) is 29.3 Å². The molecule has 0 amide bonds. The number of hydrogen-bond acceptors (Lipinski definition) is 4. The first-order valence-electron chi connectivity index (χ1n) is 9.18. The van der Waals surface area contributed by atoms with Crippen molar-refractivity contribution in [1.82, 2.24) is 14.5 Å². The molecule has 0 saturated carbocycles. The van der Waals surface area contributed by atoms with Gasteiger partial charge in [-0.3, -0.25) is 4.90 Å². The van der Waals surface area contributed by atoms with Gasteiger partial charge in [-0.15, -0.1) is 0 Å². The van der Waals surface area contributed by atoms with Crippen LogP contribution < -0.4 is 4.72 Å². The predicted molar refractivity (Wildman–Crippen MR) is 103 cm³/mol. The zero-order valence-corrected chi connectivity index (χ0v) is 17.1. The summed E-state index contributed by atoms with van der Waals surface area (Å²) in [4.78, 5) is 5.15. The van der Waals surface area contributed by atoms with Crippen molar-refractivity contribution in [3.8, 4) is 0 Å². The number of sulfonamides is 1. The number of hydrogen-bond donors (Lipinski definition) is 1. The molecule has 1 aromatic carbocycles. The number of nitrogens with zero attached hydrogens (tertiary/aromatic N) is 2. The molecular weight excluding hydrogens is 334 g/mol. The first-order valence-corrected chi connectivity index (χ1v) is 10.7. The van der Waals surface area contributed by atoms with Gasteiger partial charge < -0.3 is 4.90 Å². The third-order valence-corrected chi connectivity index (χ3v) is 6.51. The maximum absolute atomic E-state index is 12.8. The Bertz CT molecular complexity index is 665. The second-order valence-corrected chi connectivity index (χ2v) is 9.48. The molecule has 6 heteroatoms. The molecule has 1 unspecified atom stereocenters. The third kappa shape index (κ3) is 5.78. The van der Waals surface area contributed by atoms with Crippen molar-refractivity contribution in [3.63, 3.8) is 0 Å². The lowest BCUT2D eigenvalue weighted by molar-refractivity contribution is 0.102. The van der Waals surface area contributed by atoms with Crippen LogP contribution in [-0.2, 0) is 10.0 Å². The van der Waals surface area contributed by atoms with Crippen molar-refractivity contribution in [2.75, 3.05) is 39.8 Å². The van der Waals surface area contributed by atoms with Crippen molar-refractivity contribution < 1.29 is 8.42 Å². The molecule has 1 fully saturated rings. The van der Waals surface area contributed by atoms with E-state index in [1.165, 1.54) is 0 Å². The first-order chi connectivity index (χ1) is 11.7. The average molecular weight is 368 g/mol. The van der Waals surface area contributed by atoms with E-state index in [1.54, 1.807) is 6.07 Å². The van der Waals surface area contributed by atoms with Crippen LogP contribution in [-0.4, -0.2) is 64.0 Å². The molecular formula is C19H33N3O2S. The second-order valence-electron chi connectivity index (χ2n) is 7.74. The minimum Gasteiger partial charge on any atom is -0.304 e. The summed E-state index contributed by atoms with van der Waals surface area (Å²) in [5.74, 6) is 0.537. The Hall–Kier alpha value is -0.950. The molecule has 1 N–H and O–H groups in total. The maximum Gasteiger partial charge on any atom is 0.240 e. The van der Waals surface area contributed by atoms with E-state index in [1.807, 2.05) is 26.0 Å². The van der Waals surface area contributed by atoms with E-state index in [2.05, 4.69) is 35.4 Å². The molecule has 25 heavy (non-hydrogen) atoms. The summed E-state index contributed by atoms with van der Waals surface area (Å²) in [7, 11) is -1.34. The molecule has 2 rings (SSSR count). The van der Waals surface area contributed by atoms with E-state index < -0.39 is 10.0 Å². The van der Waals surface area contributed by atoms with Gasteiger partial charge in [-0.2, -0.15) is 0 Å². The highest BCUT2D eigenvalue weighted by atomic mass is 32.2. The van der Waals surface area contributed by atoms with E-state index in [9.17, 15) is 8.42 Å². The molecule has 1 aromatic rings. The van der Waals surface area contributed by atoms with Crippen LogP contribution in [0.4, 0.5) is 0 Å². The van der Waals surface area contributed by atoms with Crippen LogP contribution in [0.25, 0.3) is 0 Å². The molecule has 0 aromatic heterocycles. The average Bonchev–Trinajstić information content (AvgIpc) is 2.51. The minimum atomic E-state index is -3.48. The molecule has 1 aliphatic heterocycles. The Morgan fingerprint density at radius 2 is 1.76 bits per heavy atom. The van der Waals surface area contributed by atoms with Gasteiger partial charge in [0.2, 0.25) is 10.0 Å². The van der Waals surface area contributed by atoms with E-state index in [-0.39, 0.29) is 6.04 Å². The molecule has 0 aliphatic carbocycles. The summed E-state index contributed by atoms with van der Waals surface area (Å²) in [6.07, 6.45) is 0.999. The lowest BCUT2D eigenvalue weighted by Crippen LogP contribution is -2.52. The van der Waals surface area contributed by atoms with Gasteiger partial charge >= 0.3 is 0 Å². The Kier molecular flexibility index (Phi) is 7.02. The van der Waals surface area contributed by atoms with Crippen LogP contribution in [0.3, 0.4) is 0 Å². The minimum absolute atomic E-state index is 0.245. The van der Waals surface area contributed by atoms with Crippen molar-refractivity contribution in [2.24, 2.45) is 5.92 Å². The van der Waals surface area contributed by atoms with Crippen LogP contribution in [0.1, 0.15) is 31.4 Å². The van der Waals surface area contributed by atoms with Gasteiger partial charge in [0.15, 0.2) is 0 Å². The highest BCUT2D eigenvalue weighted by Crippen LogP contribution is 2.18. The van der Waals surface area contributed by atoms with Gasteiger partial charge in [0.25, 0.3) is 0 Å². The summed E-state index contributed by atoms with van der Waals surface area (Å²) >= 11 is 0. The van der Waals surface area contributed by atoms with Gasteiger partial charge in [0.05, 0.1) is 4.90 Å². The Balaban J connectivity index is 2.08. The molecule has 0 spiro atoms. The van der Waals surface area contributed by atoms with Crippen molar-refractivity contribution in [1.29, 1.82) is 0 Å². The largest absolute Gasteiger partial charge is 0.304 e. The molecule has 0 radical (unpaired) electrons. The van der Waals surface area contributed by atoms with Gasteiger partial charge in [-0.1, -0.05) is 31.5 Å². The van der Waals surface area contributed by atoms with Crippen molar-refractivity contribution in [2.45, 2.75) is 45.1 Å². The quantitative estimate of drug-likeness (QED) is 0.803. The van der Waals surface area contributed by atoms with Crippen LogP contribution in [0.5, 0.6) is 0 Å². The lowest BCUT2D eigenvalue weighted by Gasteiger charge is -2.38. The summed E-state index contributed by atoms with van der Waals surface area (Å²) in [5.41, 5.74) is 1.87. The summed E-state index contributed by atoms with van der Waals surface area (Å²) in [6, 6.07) is 5.73. The summed E-state index contributed by atoms with van der Waals surface area (Å²) in [6.45, 7) is 12.8. The van der Waals surface area contributed by atoms with E-state index in [4.69, 9.17) is 0 Å². The van der Waals surface area contributed by atoms with Crippen LogP contribution in [0.15, 0.2) is 23.1 Å². The van der Waals surface area contributed by atoms with Crippen molar-refractivity contribution >= 4 is 10.0 Å². The molecule has 0 bridgehead atoms. The Labute approximate surface area is 153 Å². The number of aryl methyl sites for hydroxylation is 2.